The number of aromatic nitrogens is 4. The number of fused-ring (bicyclic) bond motifs is 3. The Labute approximate surface area is 463 Å². The minimum Gasteiger partial charge on any atom is -0.497 e. The number of nitrogen functional groups attached to an aromatic ring is 1. The van der Waals surface area contributed by atoms with Crippen LogP contribution in [-0.2, 0) is 16.6 Å². The molecule has 18 heteroatoms. The molecule has 3 aliphatic heterocycles. The maximum absolute atomic E-state index is 14.8. The Morgan fingerprint density at radius 1 is 0.937 bits per heavy atom. The van der Waals surface area contributed by atoms with Gasteiger partial charge in [0.2, 0.25) is 5.88 Å². The monoisotopic (exact) mass is 1090 g/mol. The second-order valence-corrected chi connectivity index (χ2v) is 25.3. The van der Waals surface area contributed by atoms with E-state index < -0.39 is 21.5 Å². The summed E-state index contributed by atoms with van der Waals surface area (Å²) in [5.41, 5.74) is 14.9. The molecule has 1 atom stereocenters. The molecule has 2 saturated heterocycles. The van der Waals surface area contributed by atoms with Crippen LogP contribution in [0.15, 0.2) is 102 Å². The highest BCUT2D eigenvalue weighted by atomic mass is 32.2. The van der Waals surface area contributed by atoms with Gasteiger partial charge < -0.3 is 45.4 Å². The van der Waals surface area contributed by atoms with Crippen molar-refractivity contribution in [3.8, 4) is 11.6 Å². The highest BCUT2D eigenvalue weighted by Crippen LogP contribution is 2.54. The second-order valence-electron chi connectivity index (χ2n) is 23.7. The Kier molecular flexibility index (Phi) is 14.3. The van der Waals surface area contributed by atoms with Gasteiger partial charge in [-0.1, -0.05) is 50.2 Å². The number of carbonyl (C=O) groups excluding carboxylic acids is 1. The molecule has 0 bridgehead atoms. The lowest BCUT2D eigenvalue weighted by Crippen LogP contribution is -2.60. The van der Waals surface area contributed by atoms with E-state index in [1.807, 2.05) is 37.4 Å². The molecule has 1 unspecified atom stereocenters. The van der Waals surface area contributed by atoms with Crippen molar-refractivity contribution in [2.75, 3.05) is 80.4 Å². The first-order chi connectivity index (χ1) is 38.1. The molecule has 12 rings (SSSR count). The molecule has 4 aromatic carbocycles. The van der Waals surface area contributed by atoms with Crippen molar-refractivity contribution in [1.82, 2.24) is 34.5 Å². The molecule has 3 aromatic heterocycles. The van der Waals surface area contributed by atoms with E-state index in [9.17, 15) is 18.3 Å². The lowest BCUT2D eigenvalue weighted by atomic mass is 9.59. The van der Waals surface area contributed by atoms with Crippen molar-refractivity contribution < 1.29 is 27.8 Å². The summed E-state index contributed by atoms with van der Waals surface area (Å²) in [5, 5.41) is 14.8. The summed E-state index contributed by atoms with van der Waals surface area (Å²) in [6.45, 7) is 13.7. The number of amides is 1. The van der Waals surface area contributed by atoms with Crippen LogP contribution in [0, 0.1) is 11.3 Å². The average molecular weight is 1090 g/mol. The minimum atomic E-state index is -4.52. The molecule has 7 N–H and O–H groups in total. The van der Waals surface area contributed by atoms with Crippen molar-refractivity contribution in [3.63, 3.8) is 0 Å². The number of nitrogens with one attached hydrogen (secondary N) is 4. The van der Waals surface area contributed by atoms with E-state index in [0.717, 1.165) is 81.8 Å². The molecule has 4 fully saturated rings. The van der Waals surface area contributed by atoms with Crippen LogP contribution in [0.2, 0.25) is 0 Å². The number of aliphatic hydroxyl groups is 1. The quantitative estimate of drug-likeness (QED) is 0.0560. The number of imidazole rings is 1. The van der Waals surface area contributed by atoms with Gasteiger partial charge >= 0.3 is 0 Å². The number of H-pyrrole nitrogens is 2. The van der Waals surface area contributed by atoms with E-state index in [2.05, 4.69) is 107 Å². The third-order valence-electron chi connectivity index (χ3n) is 18.1. The molecule has 79 heavy (non-hydrogen) atoms. The molecule has 17 nitrogen and oxygen atoms in total. The molecular formula is C61H75N11O6S. The number of carbonyl (C=O) groups is 1. The number of hydrogen-bond donors (Lipinski definition) is 6. The number of rotatable bonds is 14. The highest BCUT2D eigenvalue weighted by Gasteiger charge is 2.50. The number of pyridine rings is 1. The maximum Gasteiger partial charge on any atom is 0.267 e. The number of hydrogen-bond acceptors (Lipinski definition) is 14. The first-order valence-corrected chi connectivity index (χ1v) is 29.9. The standard InChI is InChI=1S/C61H75N11O6S/c1-39(2)46-8-5-6-9-47(46)52-37-69(36-41-10-13-45(77-4)14-11-41)27-28-71(52)44-33-61(34-44)21-25-70(26-22-61)43-12-15-48(50(31-43)72-24-7-29-78-59-51(72)30-42-18-23-63-57(42)67-59)58(73)68-79(75,76)53-32-49(62)54(56-55(53)65-38-66-56)64-35-40-16-19-60(3,74)20-17-40/h5-6,8-15,18,23,30-32,38-40,44,52,64,74H,7,16-17,19-22,24-29,33-37,62H2,1-4H3,(H,63,67)(H,65,66)(H,68,73). The van der Waals surface area contributed by atoms with E-state index in [-0.39, 0.29) is 27.1 Å². The SMILES string of the molecule is COc1ccc(CN2CCN(C3CC4(CCN(c5ccc(C(=O)NS(=O)(=O)c6cc(N)c(NCC7CCC(C)(O)CC7)c7[nH]cnc67)c(N6CCCOc7nc8[nH]ccc8cc76)c5)CC4)C3)C(c3ccccc3C(C)C)C2)cc1. The molecule has 2 aliphatic carbocycles. The molecule has 2 saturated carbocycles. The van der Waals surface area contributed by atoms with Gasteiger partial charge in [0.25, 0.3) is 15.9 Å². The number of nitrogens with two attached hydrogens (primary N) is 1. The van der Waals surface area contributed by atoms with E-state index >= 15 is 0 Å². The van der Waals surface area contributed by atoms with Crippen molar-refractivity contribution >= 4 is 66.4 Å². The van der Waals surface area contributed by atoms with Gasteiger partial charge in [-0.2, -0.15) is 4.98 Å². The van der Waals surface area contributed by atoms with E-state index in [1.54, 1.807) is 13.2 Å². The summed E-state index contributed by atoms with van der Waals surface area (Å²) in [7, 11) is -2.81. The van der Waals surface area contributed by atoms with Crippen LogP contribution < -0.4 is 35.0 Å². The topological polar surface area (TPSA) is 210 Å². The Hall–Kier alpha value is -6.86. The molecule has 0 radical (unpaired) electrons. The fourth-order valence-electron chi connectivity index (χ4n) is 13.5. The zero-order valence-corrected chi connectivity index (χ0v) is 46.7. The molecule has 416 valence electrons. The van der Waals surface area contributed by atoms with Crippen LogP contribution in [0.3, 0.4) is 0 Å². The van der Waals surface area contributed by atoms with Crippen molar-refractivity contribution in [2.24, 2.45) is 11.3 Å². The second kappa shape index (κ2) is 21.3. The van der Waals surface area contributed by atoms with Gasteiger partial charge in [-0.3, -0.25) is 14.6 Å². The number of anilines is 5. The number of piperidine rings is 1. The predicted molar refractivity (Wildman–Crippen MR) is 311 cm³/mol. The van der Waals surface area contributed by atoms with Crippen LogP contribution in [0.5, 0.6) is 11.6 Å². The van der Waals surface area contributed by atoms with Crippen LogP contribution in [0.1, 0.15) is 118 Å². The number of sulfonamides is 1. The van der Waals surface area contributed by atoms with Gasteiger partial charge in [0, 0.05) is 81.7 Å². The van der Waals surface area contributed by atoms with Crippen LogP contribution in [0.25, 0.3) is 22.1 Å². The Morgan fingerprint density at radius 3 is 2.49 bits per heavy atom. The van der Waals surface area contributed by atoms with Gasteiger partial charge in [-0.25, -0.2) is 18.1 Å². The zero-order chi connectivity index (χ0) is 54.6. The Balaban J connectivity index is 0.784. The minimum absolute atomic E-state index is 0.166. The zero-order valence-electron chi connectivity index (χ0n) is 45.9. The average Bonchev–Trinajstić information content (AvgIpc) is 4.27. The van der Waals surface area contributed by atoms with Gasteiger partial charge in [-0.15, -0.1) is 0 Å². The fraction of sp³-hybridized carbons (Fsp3) is 0.459. The Morgan fingerprint density at radius 2 is 1.72 bits per heavy atom. The predicted octanol–water partition coefficient (Wildman–Crippen LogP) is 9.85. The summed E-state index contributed by atoms with van der Waals surface area (Å²) in [6.07, 6.45) is 11.5. The van der Waals surface area contributed by atoms with Crippen LogP contribution in [-0.4, -0.2) is 120 Å². The third-order valence-corrected chi connectivity index (χ3v) is 19.4. The molecular weight excluding hydrogens is 1010 g/mol. The molecule has 1 amide bonds. The number of methoxy groups -OCH3 is 1. The van der Waals surface area contributed by atoms with Gasteiger partial charge in [0.05, 0.1) is 53.8 Å². The lowest BCUT2D eigenvalue weighted by Gasteiger charge is -2.58. The number of nitrogens with zero attached hydrogens (tertiary/aromatic N) is 6. The van der Waals surface area contributed by atoms with Gasteiger partial charge in [0.15, 0.2) is 0 Å². The number of piperazine rings is 1. The lowest BCUT2D eigenvalue weighted by molar-refractivity contribution is -0.0628. The van der Waals surface area contributed by atoms with E-state index in [0.29, 0.717) is 97.0 Å². The summed E-state index contributed by atoms with van der Waals surface area (Å²) in [6, 6.07) is 29.5. The summed E-state index contributed by atoms with van der Waals surface area (Å²) in [5.74, 6) is 1.28. The Bertz CT molecular complexity index is 3460. The van der Waals surface area contributed by atoms with E-state index in [1.165, 1.54) is 41.9 Å². The van der Waals surface area contributed by atoms with Crippen molar-refractivity contribution in [3.05, 3.63) is 120 Å². The summed E-state index contributed by atoms with van der Waals surface area (Å²) in [4.78, 5) is 40.1. The van der Waals surface area contributed by atoms with Crippen molar-refractivity contribution in [2.45, 2.75) is 114 Å². The molecule has 7 aromatic rings. The molecule has 1 spiro atoms. The number of aromatic amines is 2. The van der Waals surface area contributed by atoms with Gasteiger partial charge in [-0.05, 0) is 147 Å². The first-order valence-electron chi connectivity index (χ1n) is 28.4. The molecule has 5 aliphatic rings. The maximum atomic E-state index is 14.8. The summed E-state index contributed by atoms with van der Waals surface area (Å²) >= 11 is 0. The van der Waals surface area contributed by atoms with Crippen LogP contribution in [0.4, 0.5) is 28.4 Å². The molecule has 6 heterocycles. The number of ether oxygens (including phenoxy) is 2. The van der Waals surface area contributed by atoms with Crippen molar-refractivity contribution in [1.29, 1.82) is 0 Å². The number of benzene rings is 4. The largest absolute Gasteiger partial charge is 0.497 e. The third kappa shape index (κ3) is 10.6. The normalized spacial score (nSPS) is 22.2. The summed E-state index contributed by atoms with van der Waals surface area (Å²) < 4.78 is 43.2. The first kappa shape index (κ1) is 52.8. The van der Waals surface area contributed by atoms with E-state index in [4.69, 9.17) is 20.2 Å². The fourth-order valence-corrected chi connectivity index (χ4v) is 14.6. The van der Waals surface area contributed by atoms with Gasteiger partial charge in [0.1, 0.15) is 27.5 Å². The smallest absolute Gasteiger partial charge is 0.267 e. The van der Waals surface area contributed by atoms with Crippen LogP contribution >= 0.6 is 0 Å². The highest BCUT2D eigenvalue weighted by molar-refractivity contribution is 7.90.